The lowest BCUT2D eigenvalue weighted by molar-refractivity contribution is -0.126. The number of ether oxygens (including phenoxy) is 2. The van der Waals surface area contributed by atoms with Crippen molar-refractivity contribution in [3.8, 4) is 11.5 Å². The Hall–Kier alpha value is -4.36. The van der Waals surface area contributed by atoms with E-state index in [4.69, 9.17) is 14.3 Å². The maximum absolute atomic E-state index is 14.1. The van der Waals surface area contributed by atoms with Crippen LogP contribution in [-0.2, 0) is 14.4 Å². The van der Waals surface area contributed by atoms with Crippen LogP contribution in [0.25, 0.3) is 10.8 Å². The van der Waals surface area contributed by atoms with Gasteiger partial charge in [0.15, 0.2) is 17.6 Å². The number of hydrogen-bond acceptors (Lipinski definition) is 6. The van der Waals surface area contributed by atoms with Crippen molar-refractivity contribution in [3.05, 3.63) is 96.6 Å². The molecule has 0 saturated carbocycles. The van der Waals surface area contributed by atoms with Gasteiger partial charge in [-0.05, 0) is 29.7 Å². The normalized spacial score (nSPS) is 21.2. The van der Waals surface area contributed by atoms with Gasteiger partial charge in [-0.1, -0.05) is 66.7 Å². The largest absolute Gasteiger partial charge is 0.493 e. The van der Waals surface area contributed by atoms with E-state index in [2.05, 4.69) is 0 Å². The SMILES string of the molecule is COc1cccc([C@@H]2[C@@H]3C(=O)N(c4cccc5ccccc45)C(=O)[C@@H]3ON2c2ccccc2)c1OC. The van der Waals surface area contributed by atoms with Gasteiger partial charge in [0.1, 0.15) is 12.0 Å². The Morgan fingerprint density at radius 3 is 2.25 bits per heavy atom. The number of benzene rings is 4. The Bertz CT molecular complexity index is 1470. The van der Waals surface area contributed by atoms with Crippen molar-refractivity contribution in [2.75, 3.05) is 24.2 Å². The molecule has 2 amide bonds. The summed E-state index contributed by atoms with van der Waals surface area (Å²) in [6.07, 6.45) is -0.974. The van der Waals surface area contributed by atoms with E-state index in [9.17, 15) is 9.59 Å². The standard InChI is InChI=1S/C29H24N2O5/c1-34-23-17-9-15-21(26(23)35-2)25-24-27(36-31(25)19-12-4-3-5-13-19)29(33)30(28(24)32)22-16-8-11-18-10-6-7-14-20(18)22/h3-17,24-25,27H,1-2H3/t24-,25+,27+/m0/s1. The highest BCUT2D eigenvalue weighted by molar-refractivity contribution is 6.26. The molecule has 7 nitrogen and oxygen atoms in total. The average molecular weight is 481 g/mol. The summed E-state index contributed by atoms with van der Waals surface area (Å²) in [5, 5.41) is 3.44. The van der Waals surface area contributed by atoms with Crippen molar-refractivity contribution >= 4 is 34.0 Å². The van der Waals surface area contributed by atoms with Gasteiger partial charge in [-0.15, -0.1) is 0 Å². The van der Waals surface area contributed by atoms with Crippen molar-refractivity contribution in [1.29, 1.82) is 0 Å². The average Bonchev–Trinajstić information content (AvgIpc) is 3.43. The van der Waals surface area contributed by atoms with Gasteiger partial charge in [-0.25, -0.2) is 9.96 Å². The van der Waals surface area contributed by atoms with Gasteiger partial charge in [-0.2, -0.15) is 0 Å². The van der Waals surface area contributed by atoms with Crippen LogP contribution in [-0.4, -0.2) is 32.1 Å². The van der Waals surface area contributed by atoms with Crippen LogP contribution < -0.4 is 19.4 Å². The lowest BCUT2D eigenvalue weighted by Gasteiger charge is -2.30. The summed E-state index contributed by atoms with van der Waals surface area (Å²) in [7, 11) is 3.13. The van der Waals surface area contributed by atoms with E-state index in [1.165, 1.54) is 4.90 Å². The number of methoxy groups -OCH3 is 2. The molecule has 4 aromatic carbocycles. The van der Waals surface area contributed by atoms with Crippen molar-refractivity contribution in [3.63, 3.8) is 0 Å². The summed E-state index contributed by atoms with van der Waals surface area (Å²) in [5.41, 5.74) is 2.00. The second-order valence-electron chi connectivity index (χ2n) is 8.75. The predicted octanol–water partition coefficient (Wildman–Crippen LogP) is 4.91. The summed E-state index contributed by atoms with van der Waals surface area (Å²) in [6, 6.07) is 27.7. The highest BCUT2D eigenvalue weighted by Crippen LogP contribution is 2.51. The Morgan fingerprint density at radius 1 is 0.750 bits per heavy atom. The molecule has 0 unspecified atom stereocenters. The lowest BCUT2D eigenvalue weighted by Crippen LogP contribution is -2.37. The molecule has 7 heteroatoms. The van der Waals surface area contributed by atoms with Crippen LogP contribution in [0.4, 0.5) is 11.4 Å². The minimum Gasteiger partial charge on any atom is -0.493 e. The van der Waals surface area contributed by atoms with E-state index in [1.54, 1.807) is 31.4 Å². The Balaban J connectivity index is 1.50. The zero-order valence-electron chi connectivity index (χ0n) is 19.8. The van der Waals surface area contributed by atoms with Gasteiger partial charge in [0, 0.05) is 10.9 Å². The minimum absolute atomic E-state index is 0.311. The fourth-order valence-electron chi connectivity index (χ4n) is 5.31. The van der Waals surface area contributed by atoms with E-state index in [0.717, 1.165) is 16.5 Å². The lowest BCUT2D eigenvalue weighted by atomic mass is 9.89. The maximum atomic E-state index is 14.1. The van der Waals surface area contributed by atoms with Crippen molar-refractivity contribution in [2.45, 2.75) is 12.1 Å². The van der Waals surface area contributed by atoms with E-state index in [-0.39, 0.29) is 11.8 Å². The summed E-state index contributed by atoms with van der Waals surface area (Å²) >= 11 is 0. The predicted molar refractivity (Wildman–Crippen MR) is 136 cm³/mol. The third-order valence-corrected chi connectivity index (χ3v) is 6.89. The van der Waals surface area contributed by atoms with E-state index >= 15 is 0 Å². The number of hydrogen-bond donors (Lipinski definition) is 0. The van der Waals surface area contributed by atoms with Crippen LogP contribution in [0.5, 0.6) is 11.5 Å². The molecule has 2 heterocycles. The van der Waals surface area contributed by atoms with Gasteiger partial charge in [-0.3, -0.25) is 14.4 Å². The summed E-state index contributed by atoms with van der Waals surface area (Å²) in [4.78, 5) is 35.4. The first-order chi connectivity index (χ1) is 17.6. The van der Waals surface area contributed by atoms with Crippen molar-refractivity contribution in [2.24, 2.45) is 5.92 Å². The molecular formula is C29H24N2O5. The molecule has 180 valence electrons. The van der Waals surface area contributed by atoms with Gasteiger partial charge >= 0.3 is 0 Å². The molecule has 2 aliphatic rings. The Morgan fingerprint density at radius 2 is 1.47 bits per heavy atom. The number of nitrogens with zero attached hydrogens (tertiary/aromatic N) is 2. The highest BCUT2D eigenvalue weighted by Gasteiger charge is 2.61. The molecule has 2 saturated heterocycles. The first-order valence-corrected chi connectivity index (χ1v) is 11.7. The molecule has 2 aliphatic heterocycles. The molecule has 6 rings (SSSR count). The van der Waals surface area contributed by atoms with Crippen molar-refractivity contribution in [1.82, 2.24) is 0 Å². The van der Waals surface area contributed by atoms with Gasteiger partial charge in [0.05, 0.1) is 25.6 Å². The first kappa shape index (κ1) is 22.1. The van der Waals surface area contributed by atoms with Gasteiger partial charge in [0.25, 0.3) is 5.91 Å². The summed E-state index contributed by atoms with van der Waals surface area (Å²) < 4.78 is 11.3. The number of rotatable bonds is 5. The highest BCUT2D eigenvalue weighted by atomic mass is 16.7. The minimum atomic E-state index is -0.974. The van der Waals surface area contributed by atoms with Crippen LogP contribution in [0.2, 0.25) is 0 Å². The molecule has 4 aromatic rings. The monoisotopic (exact) mass is 480 g/mol. The Labute approximate surface area is 208 Å². The second kappa shape index (κ2) is 8.70. The number of carbonyl (C=O) groups excluding carboxylic acids is 2. The Kier molecular flexibility index (Phi) is 5.34. The third kappa shape index (κ3) is 3.24. The molecule has 0 aromatic heterocycles. The van der Waals surface area contributed by atoms with Crippen LogP contribution in [0.3, 0.4) is 0 Å². The zero-order chi connectivity index (χ0) is 24.8. The molecule has 0 aliphatic carbocycles. The van der Waals surface area contributed by atoms with Crippen LogP contribution in [0.1, 0.15) is 11.6 Å². The number of amides is 2. The number of imide groups is 1. The van der Waals surface area contributed by atoms with Crippen LogP contribution >= 0.6 is 0 Å². The fourth-order valence-corrected chi connectivity index (χ4v) is 5.31. The number of anilines is 2. The molecule has 0 radical (unpaired) electrons. The molecule has 36 heavy (non-hydrogen) atoms. The zero-order valence-corrected chi connectivity index (χ0v) is 19.8. The van der Waals surface area contributed by atoms with Crippen molar-refractivity contribution < 1.29 is 23.9 Å². The molecule has 3 atom stereocenters. The molecule has 2 fully saturated rings. The first-order valence-electron chi connectivity index (χ1n) is 11.7. The number of hydroxylamine groups is 1. The maximum Gasteiger partial charge on any atom is 0.266 e. The summed E-state index contributed by atoms with van der Waals surface area (Å²) in [5.74, 6) is -0.438. The van der Waals surface area contributed by atoms with Crippen LogP contribution in [0, 0.1) is 5.92 Å². The topological polar surface area (TPSA) is 68.3 Å². The molecule has 0 N–H and O–H groups in total. The summed E-state index contributed by atoms with van der Waals surface area (Å²) in [6.45, 7) is 0. The number of carbonyl (C=O) groups is 2. The van der Waals surface area contributed by atoms with Gasteiger partial charge in [0.2, 0.25) is 5.91 Å². The number of para-hydroxylation sites is 2. The molecule has 0 spiro atoms. The fraction of sp³-hybridized carbons (Fsp3) is 0.172. The number of fused-ring (bicyclic) bond motifs is 2. The smallest absolute Gasteiger partial charge is 0.266 e. The van der Waals surface area contributed by atoms with Gasteiger partial charge < -0.3 is 9.47 Å². The van der Waals surface area contributed by atoms with E-state index < -0.39 is 18.1 Å². The quantitative estimate of drug-likeness (QED) is 0.378. The van der Waals surface area contributed by atoms with E-state index in [0.29, 0.717) is 22.7 Å². The molecule has 0 bridgehead atoms. The molecular weight excluding hydrogens is 456 g/mol. The van der Waals surface area contributed by atoms with Crippen LogP contribution in [0.15, 0.2) is 91.0 Å². The third-order valence-electron chi connectivity index (χ3n) is 6.89. The van der Waals surface area contributed by atoms with E-state index in [1.807, 2.05) is 78.9 Å². The second-order valence-corrected chi connectivity index (χ2v) is 8.75.